The zero-order valence-electron chi connectivity index (χ0n) is 13.6. The molecule has 23 heavy (non-hydrogen) atoms. The summed E-state index contributed by atoms with van der Waals surface area (Å²) in [4.78, 5) is 12.0. The van der Waals surface area contributed by atoms with Crippen LogP contribution in [0.1, 0.15) is 24.8 Å². The average Bonchev–Trinajstić information content (AvgIpc) is 2.59. The molecule has 122 valence electrons. The molecule has 0 saturated carbocycles. The van der Waals surface area contributed by atoms with E-state index in [9.17, 15) is 4.79 Å². The number of nitrogens with one attached hydrogen (secondary N) is 1. The van der Waals surface area contributed by atoms with E-state index in [1.165, 1.54) is 5.56 Å². The van der Waals surface area contributed by atoms with Gasteiger partial charge in [-0.15, -0.1) is 0 Å². The summed E-state index contributed by atoms with van der Waals surface area (Å²) in [6.45, 7) is 2.97. The largest absolute Gasteiger partial charge is 0.497 e. The van der Waals surface area contributed by atoms with Gasteiger partial charge in [0.1, 0.15) is 18.1 Å². The normalized spacial score (nSPS) is 11.6. The number of hydrogen-bond donors (Lipinski definition) is 1. The standard InChI is InChI=1S/C19H23NO3/c1-15(16-7-4-3-5-8-16)13-19(21)20-11-12-23-18-10-6-9-17(14-18)22-2/h3-10,14-15H,11-13H2,1-2H3,(H,20,21). The second kappa shape index (κ2) is 8.83. The monoisotopic (exact) mass is 313 g/mol. The lowest BCUT2D eigenvalue weighted by Gasteiger charge is -2.12. The van der Waals surface area contributed by atoms with Crippen molar-refractivity contribution in [1.82, 2.24) is 5.32 Å². The fourth-order valence-electron chi connectivity index (χ4n) is 2.30. The number of methoxy groups -OCH3 is 1. The van der Waals surface area contributed by atoms with Gasteiger partial charge in [-0.3, -0.25) is 4.79 Å². The Hall–Kier alpha value is -2.49. The van der Waals surface area contributed by atoms with Gasteiger partial charge < -0.3 is 14.8 Å². The van der Waals surface area contributed by atoms with E-state index in [0.29, 0.717) is 19.6 Å². The molecule has 1 unspecified atom stereocenters. The molecule has 2 aromatic carbocycles. The molecule has 0 bridgehead atoms. The highest BCUT2D eigenvalue weighted by atomic mass is 16.5. The van der Waals surface area contributed by atoms with Crippen LogP contribution in [0, 0.1) is 0 Å². The third-order valence-corrected chi connectivity index (χ3v) is 3.59. The number of benzene rings is 2. The minimum Gasteiger partial charge on any atom is -0.497 e. The summed E-state index contributed by atoms with van der Waals surface area (Å²) >= 11 is 0. The second-order valence-corrected chi connectivity index (χ2v) is 5.39. The highest BCUT2D eigenvalue weighted by Gasteiger charge is 2.10. The van der Waals surface area contributed by atoms with Crippen LogP contribution in [0.3, 0.4) is 0 Å². The van der Waals surface area contributed by atoms with Crippen molar-refractivity contribution >= 4 is 5.91 Å². The van der Waals surface area contributed by atoms with Crippen molar-refractivity contribution in [2.24, 2.45) is 0 Å². The predicted molar refractivity (Wildman–Crippen MR) is 91.0 cm³/mol. The summed E-state index contributed by atoms with van der Waals surface area (Å²) in [5.41, 5.74) is 1.18. The van der Waals surface area contributed by atoms with E-state index in [4.69, 9.17) is 9.47 Å². The Bertz CT molecular complexity index is 613. The number of carbonyl (C=O) groups excluding carboxylic acids is 1. The van der Waals surface area contributed by atoms with Crippen LogP contribution in [0.25, 0.3) is 0 Å². The van der Waals surface area contributed by atoms with Gasteiger partial charge in [0.15, 0.2) is 0 Å². The Morgan fingerprint density at radius 1 is 1.09 bits per heavy atom. The molecule has 1 atom stereocenters. The summed E-state index contributed by atoms with van der Waals surface area (Å²) < 4.78 is 10.7. The summed E-state index contributed by atoms with van der Waals surface area (Å²) in [6.07, 6.45) is 0.475. The summed E-state index contributed by atoms with van der Waals surface area (Å²) in [6, 6.07) is 17.5. The van der Waals surface area contributed by atoms with Crippen molar-refractivity contribution in [1.29, 1.82) is 0 Å². The van der Waals surface area contributed by atoms with E-state index in [1.807, 2.05) is 54.6 Å². The Balaban J connectivity index is 1.68. The molecule has 0 fully saturated rings. The van der Waals surface area contributed by atoms with Gasteiger partial charge >= 0.3 is 0 Å². The number of rotatable bonds is 8. The zero-order chi connectivity index (χ0) is 16.5. The smallest absolute Gasteiger partial charge is 0.220 e. The quantitative estimate of drug-likeness (QED) is 0.760. The van der Waals surface area contributed by atoms with Gasteiger partial charge in [0.05, 0.1) is 13.7 Å². The molecule has 0 aromatic heterocycles. The molecule has 2 aromatic rings. The van der Waals surface area contributed by atoms with Crippen molar-refractivity contribution in [3.05, 3.63) is 60.2 Å². The lowest BCUT2D eigenvalue weighted by Crippen LogP contribution is -2.28. The van der Waals surface area contributed by atoms with Crippen molar-refractivity contribution in [3.8, 4) is 11.5 Å². The molecule has 1 amide bonds. The van der Waals surface area contributed by atoms with Crippen molar-refractivity contribution in [2.75, 3.05) is 20.3 Å². The van der Waals surface area contributed by atoms with Crippen LogP contribution >= 0.6 is 0 Å². The maximum absolute atomic E-state index is 12.0. The van der Waals surface area contributed by atoms with E-state index >= 15 is 0 Å². The molecule has 0 aliphatic carbocycles. The lowest BCUT2D eigenvalue weighted by molar-refractivity contribution is -0.121. The highest BCUT2D eigenvalue weighted by molar-refractivity contribution is 5.76. The summed E-state index contributed by atoms with van der Waals surface area (Å²) in [5.74, 6) is 1.73. The number of amides is 1. The molecular weight excluding hydrogens is 290 g/mol. The number of carbonyl (C=O) groups is 1. The third kappa shape index (κ3) is 5.66. The first kappa shape index (κ1) is 16.9. The summed E-state index contributed by atoms with van der Waals surface area (Å²) in [7, 11) is 1.62. The Morgan fingerprint density at radius 3 is 2.57 bits per heavy atom. The molecular formula is C19H23NO3. The lowest BCUT2D eigenvalue weighted by atomic mass is 9.98. The van der Waals surface area contributed by atoms with Gasteiger partial charge in [0, 0.05) is 12.5 Å². The molecule has 0 radical (unpaired) electrons. The molecule has 0 saturated heterocycles. The third-order valence-electron chi connectivity index (χ3n) is 3.59. The highest BCUT2D eigenvalue weighted by Crippen LogP contribution is 2.19. The maximum Gasteiger partial charge on any atom is 0.220 e. The van der Waals surface area contributed by atoms with Gasteiger partial charge in [-0.05, 0) is 23.6 Å². The zero-order valence-corrected chi connectivity index (χ0v) is 13.6. The van der Waals surface area contributed by atoms with Gasteiger partial charge in [-0.2, -0.15) is 0 Å². The second-order valence-electron chi connectivity index (χ2n) is 5.39. The van der Waals surface area contributed by atoms with Crippen molar-refractivity contribution < 1.29 is 14.3 Å². The molecule has 1 N–H and O–H groups in total. The van der Waals surface area contributed by atoms with E-state index in [-0.39, 0.29) is 11.8 Å². The van der Waals surface area contributed by atoms with Gasteiger partial charge in [0.2, 0.25) is 5.91 Å². The first-order valence-corrected chi connectivity index (χ1v) is 7.77. The minimum atomic E-state index is 0.0376. The van der Waals surface area contributed by atoms with Crippen LogP contribution in [-0.2, 0) is 4.79 Å². The van der Waals surface area contributed by atoms with Crippen LogP contribution in [0.5, 0.6) is 11.5 Å². The van der Waals surface area contributed by atoms with E-state index in [0.717, 1.165) is 11.5 Å². The predicted octanol–water partition coefficient (Wildman–Crippen LogP) is 3.38. The number of ether oxygens (including phenoxy) is 2. The average molecular weight is 313 g/mol. The van der Waals surface area contributed by atoms with Crippen LogP contribution < -0.4 is 14.8 Å². The minimum absolute atomic E-state index is 0.0376. The summed E-state index contributed by atoms with van der Waals surface area (Å²) in [5, 5.41) is 2.89. The Kier molecular flexibility index (Phi) is 6.48. The topological polar surface area (TPSA) is 47.6 Å². The SMILES string of the molecule is COc1cccc(OCCNC(=O)CC(C)c2ccccc2)c1. The molecule has 0 spiro atoms. The molecule has 0 heterocycles. The Morgan fingerprint density at radius 2 is 1.83 bits per heavy atom. The van der Waals surface area contributed by atoms with E-state index < -0.39 is 0 Å². The van der Waals surface area contributed by atoms with Gasteiger partial charge in [-0.1, -0.05) is 43.3 Å². The van der Waals surface area contributed by atoms with Crippen molar-refractivity contribution in [3.63, 3.8) is 0 Å². The van der Waals surface area contributed by atoms with Crippen molar-refractivity contribution in [2.45, 2.75) is 19.3 Å². The first-order valence-electron chi connectivity index (χ1n) is 7.77. The first-order chi connectivity index (χ1) is 11.2. The molecule has 4 heteroatoms. The van der Waals surface area contributed by atoms with E-state index in [2.05, 4.69) is 12.2 Å². The van der Waals surface area contributed by atoms with Crippen LogP contribution in [-0.4, -0.2) is 26.2 Å². The van der Waals surface area contributed by atoms with Gasteiger partial charge in [-0.25, -0.2) is 0 Å². The molecule has 0 aliphatic rings. The Labute approximate surface area is 137 Å². The fourth-order valence-corrected chi connectivity index (χ4v) is 2.30. The van der Waals surface area contributed by atoms with Crippen LogP contribution in [0.15, 0.2) is 54.6 Å². The fraction of sp³-hybridized carbons (Fsp3) is 0.316. The van der Waals surface area contributed by atoms with Crippen LogP contribution in [0.4, 0.5) is 0 Å². The maximum atomic E-state index is 12.0. The van der Waals surface area contributed by atoms with Crippen LogP contribution in [0.2, 0.25) is 0 Å². The molecule has 2 rings (SSSR count). The van der Waals surface area contributed by atoms with E-state index in [1.54, 1.807) is 7.11 Å². The molecule has 4 nitrogen and oxygen atoms in total. The number of hydrogen-bond acceptors (Lipinski definition) is 3. The molecule has 0 aliphatic heterocycles. The van der Waals surface area contributed by atoms with Gasteiger partial charge in [0.25, 0.3) is 0 Å².